The van der Waals surface area contributed by atoms with Gasteiger partial charge in [-0.25, -0.2) is 0 Å². The lowest BCUT2D eigenvalue weighted by Crippen LogP contribution is -2.63. The second-order valence-electron chi connectivity index (χ2n) is 13.9. The molecule has 1 aliphatic heterocycles. The number of hydrogen-bond acceptors (Lipinski definition) is 9. The molecule has 1 aromatic rings. The number of amides is 3. The van der Waals surface area contributed by atoms with Gasteiger partial charge in [0.1, 0.15) is 6.04 Å². The molecule has 1 aliphatic carbocycles. The molecule has 0 spiro atoms. The molecule has 244 valence electrons. The fourth-order valence-electron chi connectivity index (χ4n) is 5.92. The van der Waals surface area contributed by atoms with Gasteiger partial charge in [0.25, 0.3) is 5.91 Å². The summed E-state index contributed by atoms with van der Waals surface area (Å²) >= 11 is 1.32. The molecule has 2 aliphatic rings. The zero-order valence-electron chi connectivity index (χ0n) is 26.9. The van der Waals surface area contributed by atoms with E-state index < -0.39 is 65.4 Å². The molecule has 6 atom stereocenters. The van der Waals surface area contributed by atoms with Crippen molar-refractivity contribution >= 4 is 40.6 Å². The van der Waals surface area contributed by atoms with Crippen molar-refractivity contribution in [3.05, 3.63) is 34.5 Å². The van der Waals surface area contributed by atoms with Crippen molar-refractivity contribution < 1.29 is 29.1 Å². The van der Waals surface area contributed by atoms with Gasteiger partial charge in [0, 0.05) is 12.5 Å². The lowest BCUT2D eigenvalue weighted by atomic mass is 9.84. The predicted octanol–water partition coefficient (Wildman–Crippen LogP) is 2.20. The molecule has 1 saturated heterocycles. The Morgan fingerprint density at radius 1 is 1.11 bits per heavy atom. The number of primary amides is 1. The number of nitrogens with one attached hydrogen (secondary N) is 3. The average Bonchev–Trinajstić information content (AvgIpc) is 3.42. The van der Waals surface area contributed by atoms with E-state index in [1.54, 1.807) is 12.1 Å². The second-order valence-corrected chi connectivity index (χ2v) is 14.9. The van der Waals surface area contributed by atoms with E-state index in [-0.39, 0.29) is 30.1 Å². The molecular formula is C32H49N5O6S. The summed E-state index contributed by atoms with van der Waals surface area (Å²) in [4.78, 5) is 67.7. The second kappa shape index (κ2) is 14.4. The van der Waals surface area contributed by atoms with Gasteiger partial charge in [-0.15, -0.1) is 11.3 Å². The van der Waals surface area contributed by atoms with Gasteiger partial charge in [0.15, 0.2) is 12.1 Å². The molecule has 6 N–H and O–H groups in total. The summed E-state index contributed by atoms with van der Waals surface area (Å²) in [7, 11) is 0. The van der Waals surface area contributed by atoms with Crippen LogP contribution in [-0.4, -0.2) is 76.4 Å². The maximum absolute atomic E-state index is 14.3. The van der Waals surface area contributed by atoms with Gasteiger partial charge in [-0.2, -0.15) is 0 Å². The monoisotopic (exact) mass is 631 g/mol. The molecule has 11 nitrogen and oxygen atoms in total. The van der Waals surface area contributed by atoms with Gasteiger partial charge in [-0.1, -0.05) is 79.5 Å². The molecule has 2 unspecified atom stereocenters. The summed E-state index contributed by atoms with van der Waals surface area (Å²) in [6, 6.07) is -0.224. The number of hydrogen-bond donors (Lipinski definition) is 5. The minimum atomic E-state index is -1.42. The summed E-state index contributed by atoms with van der Waals surface area (Å²) in [5.41, 5.74) is 5.26. The van der Waals surface area contributed by atoms with E-state index in [1.807, 2.05) is 53.8 Å². The SMILES string of the molecule is C=C1CN(C(=O)[C@@H](NC(O)N[C@H](C(=O)c2cccs2)C(C)C)C(C)(C)C)[C@H](C(=O)NC(CC2CC2)C(=O)C(N)=O)[C@H]1C(C)C. The van der Waals surface area contributed by atoms with Gasteiger partial charge >= 0.3 is 0 Å². The van der Waals surface area contributed by atoms with E-state index in [0.717, 1.165) is 12.8 Å². The number of nitrogens with zero attached hydrogens (tertiary/aromatic N) is 1. The fourth-order valence-corrected chi connectivity index (χ4v) is 6.62. The van der Waals surface area contributed by atoms with Crippen LogP contribution in [0.5, 0.6) is 0 Å². The molecule has 3 rings (SSSR count). The first-order chi connectivity index (χ1) is 20.4. The van der Waals surface area contributed by atoms with Crippen molar-refractivity contribution in [1.29, 1.82) is 0 Å². The van der Waals surface area contributed by atoms with E-state index >= 15 is 0 Å². The minimum Gasteiger partial charge on any atom is -0.365 e. The van der Waals surface area contributed by atoms with Crippen LogP contribution in [0.4, 0.5) is 0 Å². The molecule has 2 heterocycles. The highest BCUT2D eigenvalue weighted by Gasteiger charge is 2.49. The Morgan fingerprint density at radius 3 is 2.23 bits per heavy atom. The number of likely N-dealkylation sites (tertiary alicyclic amines) is 1. The van der Waals surface area contributed by atoms with E-state index in [2.05, 4.69) is 22.5 Å². The van der Waals surface area contributed by atoms with E-state index in [4.69, 9.17) is 5.73 Å². The highest BCUT2D eigenvalue weighted by Crippen LogP contribution is 2.37. The number of Topliss-reactive ketones (excluding diaryl/α,β-unsaturated/α-hetero) is 2. The predicted molar refractivity (Wildman–Crippen MR) is 169 cm³/mol. The van der Waals surface area contributed by atoms with Crippen molar-refractivity contribution in [2.45, 2.75) is 98.2 Å². The quantitative estimate of drug-likeness (QED) is 0.0849. The smallest absolute Gasteiger partial charge is 0.287 e. The van der Waals surface area contributed by atoms with Crippen LogP contribution in [0.3, 0.4) is 0 Å². The zero-order chi connectivity index (χ0) is 33.1. The van der Waals surface area contributed by atoms with Crippen molar-refractivity contribution in [2.24, 2.45) is 34.8 Å². The molecule has 3 amide bonds. The number of carbonyl (C=O) groups is 5. The van der Waals surface area contributed by atoms with E-state index in [9.17, 15) is 29.1 Å². The number of carbonyl (C=O) groups excluding carboxylic acids is 5. The summed E-state index contributed by atoms with van der Waals surface area (Å²) in [5, 5.41) is 21.6. The minimum absolute atomic E-state index is 0.0619. The Kier molecular flexibility index (Phi) is 11.7. The standard InChI is InChI=1S/C32H49N5O6S/c1-16(2)22-18(5)15-37(24(22)29(41)34-20(14-19-11-12-19)25(38)28(33)40)30(42)27(32(6,7)8)36-31(43)35-23(17(3)4)26(39)21-10-9-13-44-21/h9-10,13,16-17,19-20,22-24,27,31,35-36,43H,5,11-12,14-15H2,1-4,6-8H3,(H2,33,40)(H,34,41)/t20?,22-,23-,24-,27+,31?/m0/s1. The number of aliphatic hydroxyl groups excluding tert-OH is 1. The third kappa shape index (κ3) is 8.62. The topological polar surface area (TPSA) is 171 Å². The highest BCUT2D eigenvalue weighted by molar-refractivity contribution is 7.12. The lowest BCUT2D eigenvalue weighted by molar-refractivity contribution is -0.145. The van der Waals surface area contributed by atoms with Crippen LogP contribution in [0.2, 0.25) is 0 Å². The van der Waals surface area contributed by atoms with Crippen LogP contribution in [0.25, 0.3) is 0 Å². The van der Waals surface area contributed by atoms with E-state index in [0.29, 0.717) is 16.9 Å². The number of nitrogens with two attached hydrogens (primary N) is 1. The first-order valence-electron chi connectivity index (χ1n) is 15.3. The third-order valence-electron chi connectivity index (χ3n) is 8.42. The number of aliphatic hydroxyl groups is 1. The van der Waals surface area contributed by atoms with Crippen LogP contribution in [0, 0.1) is 29.1 Å². The Bertz CT molecular complexity index is 1240. The molecule has 1 saturated carbocycles. The third-order valence-corrected chi connectivity index (χ3v) is 9.31. The van der Waals surface area contributed by atoms with Gasteiger partial charge < -0.3 is 21.1 Å². The summed E-state index contributed by atoms with van der Waals surface area (Å²) in [6.45, 7) is 17.4. The van der Waals surface area contributed by atoms with Gasteiger partial charge in [0.2, 0.25) is 17.6 Å². The molecule has 0 radical (unpaired) electrons. The van der Waals surface area contributed by atoms with Gasteiger partial charge in [-0.3, -0.25) is 34.6 Å². The normalized spacial score (nSPS) is 21.7. The Labute approximate surface area is 264 Å². The Morgan fingerprint density at radius 2 is 1.75 bits per heavy atom. The summed E-state index contributed by atoms with van der Waals surface area (Å²) in [6.07, 6.45) is 0.704. The number of thiophene rings is 1. The average molecular weight is 632 g/mol. The van der Waals surface area contributed by atoms with Crippen molar-refractivity contribution in [2.75, 3.05) is 6.54 Å². The van der Waals surface area contributed by atoms with Crippen molar-refractivity contribution in [3.63, 3.8) is 0 Å². The summed E-state index contributed by atoms with van der Waals surface area (Å²) < 4.78 is 0. The number of ketones is 2. The van der Waals surface area contributed by atoms with Gasteiger partial charge in [-0.05, 0) is 41.0 Å². The van der Waals surface area contributed by atoms with Crippen LogP contribution in [0.1, 0.15) is 77.4 Å². The van der Waals surface area contributed by atoms with Crippen LogP contribution < -0.4 is 21.7 Å². The maximum Gasteiger partial charge on any atom is 0.287 e. The van der Waals surface area contributed by atoms with Crippen LogP contribution >= 0.6 is 11.3 Å². The first-order valence-corrected chi connectivity index (χ1v) is 16.2. The van der Waals surface area contributed by atoms with Crippen molar-refractivity contribution in [3.8, 4) is 0 Å². The van der Waals surface area contributed by atoms with Gasteiger partial charge in [0.05, 0.1) is 23.0 Å². The van der Waals surface area contributed by atoms with E-state index in [1.165, 1.54) is 16.2 Å². The lowest BCUT2D eigenvalue weighted by Gasteiger charge is -2.38. The fraction of sp³-hybridized carbons (Fsp3) is 0.656. The van der Waals surface area contributed by atoms with Crippen LogP contribution in [0.15, 0.2) is 29.7 Å². The molecule has 12 heteroatoms. The molecular weight excluding hydrogens is 582 g/mol. The Hall–Kier alpha value is -2.93. The summed E-state index contributed by atoms with van der Waals surface area (Å²) in [5.74, 6) is -3.51. The highest BCUT2D eigenvalue weighted by atomic mass is 32.1. The molecule has 1 aromatic heterocycles. The Balaban J connectivity index is 1.86. The molecule has 0 aromatic carbocycles. The van der Waals surface area contributed by atoms with Crippen molar-refractivity contribution in [1.82, 2.24) is 20.9 Å². The molecule has 2 fully saturated rings. The first kappa shape index (κ1) is 35.5. The number of rotatable bonds is 15. The molecule has 44 heavy (non-hydrogen) atoms. The zero-order valence-corrected chi connectivity index (χ0v) is 27.7. The largest absolute Gasteiger partial charge is 0.365 e. The molecule has 0 bridgehead atoms. The maximum atomic E-state index is 14.3. The van der Waals surface area contributed by atoms with Crippen LogP contribution in [-0.2, 0) is 19.2 Å².